The Balaban J connectivity index is 2.43. The number of hydrogen-bond donors (Lipinski definition) is 1. The van der Waals surface area contributed by atoms with E-state index in [1.54, 1.807) is 11.8 Å². The molecule has 0 bridgehead atoms. The molecule has 0 aromatic heterocycles. The molecule has 0 atom stereocenters. The molecule has 4 heteroatoms. The summed E-state index contributed by atoms with van der Waals surface area (Å²) < 4.78 is 4.85. The molecule has 0 aliphatic rings. The van der Waals surface area contributed by atoms with Gasteiger partial charge < -0.3 is 10.5 Å². The lowest BCUT2D eigenvalue weighted by Gasteiger charge is -2.07. The average Bonchev–Trinajstić information content (AvgIpc) is 2.25. The minimum Gasteiger partial charge on any atom is -0.466 e. The van der Waals surface area contributed by atoms with Gasteiger partial charge in [-0.3, -0.25) is 4.79 Å². The predicted octanol–water partition coefficient (Wildman–Crippen LogP) is 2.62. The summed E-state index contributed by atoms with van der Waals surface area (Å²) in [7, 11) is 0. The molecule has 2 N–H and O–H groups in total. The Hall–Kier alpha value is -1.16. The minimum atomic E-state index is -0.152. The molecule has 0 amide bonds. The zero-order valence-corrected chi connectivity index (χ0v) is 10.5. The second-order valence-corrected chi connectivity index (χ2v) is 4.53. The van der Waals surface area contributed by atoms with Crippen LogP contribution in [0.25, 0.3) is 0 Å². The van der Waals surface area contributed by atoms with Gasteiger partial charge in [-0.1, -0.05) is 12.1 Å². The molecule has 16 heavy (non-hydrogen) atoms. The first kappa shape index (κ1) is 12.9. The highest BCUT2D eigenvalue weighted by Crippen LogP contribution is 2.27. The van der Waals surface area contributed by atoms with Crippen molar-refractivity contribution >= 4 is 23.4 Å². The Labute approximate surface area is 100 Å². The van der Waals surface area contributed by atoms with Gasteiger partial charge in [-0.05, 0) is 25.5 Å². The predicted molar refractivity (Wildman–Crippen MR) is 67.6 cm³/mol. The molecule has 0 spiro atoms. The van der Waals surface area contributed by atoms with E-state index in [0.29, 0.717) is 18.8 Å². The molecule has 0 saturated heterocycles. The number of carbonyl (C=O) groups is 1. The fourth-order valence-corrected chi connectivity index (χ4v) is 2.24. The molecule has 0 fully saturated rings. The van der Waals surface area contributed by atoms with Crippen LogP contribution in [0.4, 0.5) is 5.69 Å². The number of esters is 1. The summed E-state index contributed by atoms with van der Waals surface area (Å²) in [5.74, 6) is 0.549. The van der Waals surface area contributed by atoms with Crippen LogP contribution in [0, 0.1) is 6.92 Å². The lowest BCUT2D eigenvalue weighted by Crippen LogP contribution is -2.04. The number of para-hydroxylation sites is 1. The minimum absolute atomic E-state index is 0.152. The van der Waals surface area contributed by atoms with E-state index in [9.17, 15) is 4.79 Å². The van der Waals surface area contributed by atoms with Crippen molar-refractivity contribution in [2.45, 2.75) is 25.2 Å². The van der Waals surface area contributed by atoms with Gasteiger partial charge in [0, 0.05) is 16.3 Å². The molecule has 0 radical (unpaired) electrons. The number of carbonyl (C=O) groups excluding carboxylic acids is 1. The summed E-state index contributed by atoms with van der Waals surface area (Å²) in [6.07, 6.45) is 0.423. The van der Waals surface area contributed by atoms with Gasteiger partial charge in [0.05, 0.1) is 13.0 Å². The fourth-order valence-electron chi connectivity index (χ4n) is 1.26. The lowest BCUT2D eigenvalue weighted by molar-refractivity contribution is -0.142. The Morgan fingerprint density at radius 3 is 2.94 bits per heavy atom. The number of nitrogens with two attached hydrogens (primary N) is 1. The number of thioether (sulfide) groups is 1. The quantitative estimate of drug-likeness (QED) is 0.487. The van der Waals surface area contributed by atoms with E-state index in [2.05, 4.69) is 0 Å². The number of nitrogen functional groups attached to an aromatic ring is 1. The fraction of sp³-hybridized carbons (Fsp3) is 0.417. The highest BCUT2D eigenvalue weighted by Gasteiger charge is 2.05. The molecule has 0 heterocycles. The first-order chi connectivity index (χ1) is 7.65. The Kier molecular flexibility index (Phi) is 5.19. The molecule has 1 aromatic carbocycles. The van der Waals surface area contributed by atoms with E-state index < -0.39 is 0 Å². The third-order valence-electron chi connectivity index (χ3n) is 2.15. The largest absolute Gasteiger partial charge is 0.466 e. The first-order valence-electron chi connectivity index (χ1n) is 5.28. The van der Waals surface area contributed by atoms with Crippen LogP contribution >= 0.6 is 11.8 Å². The zero-order chi connectivity index (χ0) is 12.0. The van der Waals surface area contributed by atoms with Crippen molar-refractivity contribution in [3.8, 4) is 0 Å². The van der Waals surface area contributed by atoms with E-state index in [1.165, 1.54) is 0 Å². The molecule has 0 unspecified atom stereocenters. The maximum Gasteiger partial charge on any atom is 0.306 e. The van der Waals surface area contributed by atoms with Gasteiger partial charge in [-0.15, -0.1) is 11.8 Å². The maximum absolute atomic E-state index is 11.1. The van der Waals surface area contributed by atoms with Crippen LogP contribution in [0.2, 0.25) is 0 Å². The van der Waals surface area contributed by atoms with Gasteiger partial charge in [0.25, 0.3) is 0 Å². The van der Waals surface area contributed by atoms with Crippen molar-refractivity contribution in [2.75, 3.05) is 18.1 Å². The summed E-state index contributed by atoms with van der Waals surface area (Å²) in [5.41, 5.74) is 7.79. The topological polar surface area (TPSA) is 52.3 Å². The summed E-state index contributed by atoms with van der Waals surface area (Å²) >= 11 is 1.59. The highest BCUT2D eigenvalue weighted by atomic mass is 32.2. The van der Waals surface area contributed by atoms with E-state index in [1.807, 2.05) is 32.0 Å². The van der Waals surface area contributed by atoms with Crippen LogP contribution in [0.15, 0.2) is 23.1 Å². The molecule has 1 aromatic rings. The van der Waals surface area contributed by atoms with E-state index >= 15 is 0 Å². The Morgan fingerprint density at radius 1 is 1.50 bits per heavy atom. The number of benzene rings is 1. The molecule has 1 rings (SSSR count). The normalized spacial score (nSPS) is 10.1. The Morgan fingerprint density at radius 2 is 2.25 bits per heavy atom. The average molecular weight is 239 g/mol. The van der Waals surface area contributed by atoms with Crippen molar-refractivity contribution in [3.05, 3.63) is 23.8 Å². The van der Waals surface area contributed by atoms with E-state index in [4.69, 9.17) is 10.5 Å². The summed E-state index contributed by atoms with van der Waals surface area (Å²) in [4.78, 5) is 12.2. The number of hydrogen-bond acceptors (Lipinski definition) is 4. The third-order valence-corrected chi connectivity index (χ3v) is 3.23. The number of rotatable bonds is 5. The van der Waals surface area contributed by atoms with Crippen molar-refractivity contribution in [2.24, 2.45) is 0 Å². The van der Waals surface area contributed by atoms with Crippen molar-refractivity contribution < 1.29 is 9.53 Å². The van der Waals surface area contributed by atoms with E-state index in [0.717, 1.165) is 16.1 Å². The van der Waals surface area contributed by atoms with Crippen LogP contribution in [0.5, 0.6) is 0 Å². The molecule has 3 nitrogen and oxygen atoms in total. The third kappa shape index (κ3) is 3.77. The standard InChI is InChI=1S/C12H17NO2S/c1-3-15-11(14)7-8-16-10-6-4-5-9(2)12(10)13/h4-6H,3,7-8,13H2,1-2H3. The Bertz CT molecular complexity index is 366. The van der Waals surface area contributed by atoms with Crippen LogP contribution in [-0.2, 0) is 9.53 Å². The highest BCUT2D eigenvalue weighted by molar-refractivity contribution is 7.99. The van der Waals surface area contributed by atoms with Gasteiger partial charge >= 0.3 is 5.97 Å². The van der Waals surface area contributed by atoms with Gasteiger partial charge in [-0.2, -0.15) is 0 Å². The van der Waals surface area contributed by atoms with E-state index in [-0.39, 0.29) is 5.97 Å². The summed E-state index contributed by atoms with van der Waals surface area (Å²) in [6.45, 7) is 4.23. The van der Waals surface area contributed by atoms with Gasteiger partial charge in [0.15, 0.2) is 0 Å². The molecular weight excluding hydrogens is 222 g/mol. The number of aryl methyl sites for hydroxylation is 1. The van der Waals surface area contributed by atoms with Crippen LogP contribution < -0.4 is 5.73 Å². The molecule has 0 saturated carbocycles. The molecular formula is C12H17NO2S. The van der Waals surface area contributed by atoms with Crippen LogP contribution in [0.1, 0.15) is 18.9 Å². The SMILES string of the molecule is CCOC(=O)CCSc1cccc(C)c1N. The lowest BCUT2D eigenvalue weighted by atomic mass is 10.2. The summed E-state index contributed by atoms with van der Waals surface area (Å²) in [5, 5.41) is 0. The van der Waals surface area contributed by atoms with Gasteiger partial charge in [0.1, 0.15) is 0 Å². The van der Waals surface area contributed by atoms with Crippen LogP contribution in [0.3, 0.4) is 0 Å². The van der Waals surface area contributed by atoms with Gasteiger partial charge in [0.2, 0.25) is 0 Å². The zero-order valence-electron chi connectivity index (χ0n) is 9.66. The van der Waals surface area contributed by atoms with Gasteiger partial charge in [-0.25, -0.2) is 0 Å². The van der Waals surface area contributed by atoms with Crippen molar-refractivity contribution in [1.82, 2.24) is 0 Å². The van der Waals surface area contributed by atoms with Crippen molar-refractivity contribution in [3.63, 3.8) is 0 Å². The molecule has 0 aliphatic carbocycles. The first-order valence-corrected chi connectivity index (χ1v) is 6.27. The number of ether oxygens (including phenoxy) is 1. The summed E-state index contributed by atoms with van der Waals surface area (Å²) in [6, 6.07) is 5.92. The maximum atomic E-state index is 11.1. The second kappa shape index (κ2) is 6.43. The smallest absolute Gasteiger partial charge is 0.306 e. The monoisotopic (exact) mass is 239 g/mol. The number of anilines is 1. The van der Waals surface area contributed by atoms with Crippen LogP contribution in [-0.4, -0.2) is 18.3 Å². The molecule has 88 valence electrons. The van der Waals surface area contributed by atoms with Crippen molar-refractivity contribution in [1.29, 1.82) is 0 Å². The molecule has 0 aliphatic heterocycles. The second-order valence-electron chi connectivity index (χ2n) is 3.39.